The minimum Gasteiger partial charge on any atom is -0.479 e. The summed E-state index contributed by atoms with van der Waals surface area (Å²) in [6, 6.07) is -2.89. The summed E-state index contributed by atoms with van der Waals surface area (Å²) in [5.74, 6) is -4.08. The fraction of sp³-hybridized carbons (Fsp3) is 0.895. The van der Waals surface area contributed by atoms with Crippen molar-refractivity contribution in [1.82, 2.24) is 16.0 Å². The van der Waals surface area contributed by atoms with E-state index in [1.54, 1.807) is 0 Å². The Bertz CT molecular complexity index is 1650. The van der Waals surface area contributed by atoms with Gasteiger partial charge in [0.2, 0.25) is 11.8 Å². The number of methoxy groups -OCH3 is 1. The van der Waals surface area contributed by atoms with Gasteiger partial charge >= 0.3 is 5.97 Å². The minimum absolute atomic E-state index is 0.000476. The number of azide groups is 1. The van der Waals surface area contributed by atoms with Crippen LogP contribution in [0.5, 0.6) is 0 Å². The summed E-state index contributed by atoms with van der Waals surface area (Å²) < 4.78 is 61.6. The number of nitrogens with zero attached hydrogens (tertiary/aromatic N) is 3. The molecule has 0 aromatic carbocycles. The molecule has 0 radical (unpaired) electrons. The molecule has 4 saturated heterocycles. The van der Waals surface area contributed by atoms with Crippen LogP contribution in [0.2, 0.25) is 0 Å². The van der Waals surface area contributed by atoms with Gasteiger partial charge in [-0.25, -0.2) is 4.79 Å². The van der Waals surface area contributed by atoms with E-state index in [1.807, 2.05) is 0 Å². The molecule has 20 unspecified atom stereocenters. The first kappa shape index (κ1) is 57.0. The molecule has 4 fully saturated rings. The van der Waals surface area contributed by atoms with Crippen LogP contribution in [0.15, 0.2) is 5.11 Å². The fourth-order valence-corrected chi connectivity index (χ4v) is 7.84. The number of carboxylic acid groups (broad SMARTS) is 1. The zero-order valence-corrected chi connectivity index (χ0v) is 37.6. The number of hydrogen-bond acceptors (Lipinski definition) is 24. The second-order valence-electron chi connectivity index (χ2n) is 16.0. The van der Waals surface area contributed by atoms with E-state index >= 15 is 0 Å². The van der Waals surface area contributed by atoms with Gasteiger partial charge < -0.3 is 114 Å². The van der Waals surface area contributed by atoms with Crippen LogP contribution in [0.4, 0.5) is 0 Å². The average Bonchev–Trinajstić information content (AvgIpc) is 3.29. The number of hydrogen-bond donors (Lipinski definition) is 12. The topological polar surface area (TPSA) is 437 Å². The Kier molecular flexibility index (Phi) is 23.2. The van der Waals surface area contributed by atoms with E-state index in [1.165, 1.54) is 6.92 Å². The molecule has 0 saturated carbocycles. The summed E-state index contributed by atoms with van der Waals surface area (Å²) in [6.07, 6.45) is -32.6. The predicted octanol–water partition coefficient (Wildman–Crippen LogP) is -7.16. The Balaban J connectivity index is 1.47. The van der Waals surface area contributed by atoms with E-state index in [0.717, 1.165) is 21.0 Å². The van der Waals surface area contributed by atoms with Crippen molar-refractivity contribution < 1.29 is 117 Å². The number of carbonyl (C=O) groups excluding carboxylic acids is 3. The van der Waals surface area contributed by atoms with Crippen LogP contribution in [0, 0.1) is 0 Å². The van der Waals surface area contributed by atoms with Crippen LogP contribution in [0.25, 0.3) is 10.4 Å². The lowest BCUT2D eigenvalue weighted by molar-refractivity contribution is -0.366. The van der Waals surface area contributed by atoms with Gasteiger partial charge in [-0.3, -0.25) is 14.4 Å². The molecule has 68 heavy (non-hydrogen) atoms. The highest BCUT2D eigenvalue weighted by atomic mass is 16.8. The zero-order chi connectivity index (χ0) is 50.2. The Labute approximate surface area is 388 Å². The average molecular weight is 989 g/mol. The number of amides is 3. The lowest BCUT2D eigenvalue weighted by Gasteiger charge is -2.50. The first-order valence-corrected chi connectivity index (χ1v) is 21.6. The first-order valence-electron chi connectivity index (χ1n) is 21.6. The zero-order valence-electron chi connectivity index (χ0n) is 37.6. The van der Waals surface area contributed by atoms with Crippen molar-refractivity contribution in [3.63, 3.8) is 0 Å². The van der Waals surface area contributed by atoms with Gasteiger partial charge in [0.25, 0.3) is 5.91 Å². The van der Waals surface area contributed by atoms with Crippen molar-refractivity contribution in [2.45, 2.75) is 143 Å². The van der Waals surface area contributed by atoms with Crippen molar-refractivity contribution in [3.8, 4) is 0 Å². The maximum Gasteiger partial charge on any atom is 0.335 e. The molecule has 0 aromatic heterocycles. The summed E-state index contributed by atoms with van der Waals surface area (Å²) in [7, 11) is 1.13. The van der Waals surface area contributed by atoms with Crippen molar-refractivity contribution in [3.05, 3.63) is 10.4 Å². The molecule has 12 N–H and O–H groups in total. The van der Waals surface area contributed by atoms with Crippen molar-refractivity contribution >= 4 is 23.7 Å². The van der Waals surface area contributed by atoms with Crippen LogP contribution >= 0.6 is 0 Å². The van der Waals surface area contributed by atoms with Gasteiger partial charge in [-0.2, -0.15) is 0 Å². The third-order valence-electron chi connectivity index (χ3n) is 11.2. The second kappa shape index (κ2) is 27.7. The van der Waals surface area contributed by atoms with Crippen LogP contribution in [-0.2, 0) is 71.3 Å². The molecule has 4 heterocycles. The van der Waals surface area contributed by atoms with Crippen molar-refractivity contribution in [1.29, 1.82) is 0 Å². The van der Waals surface area contributed by atoms with Gasteiger partial charge in [0.15, 0.2) is 31.1 Å². The van der Waals surface area contributed by atoms with E-state index in [9.17, 15) is 65.1 Å². The van der Waals surface area contributed by atoms with Gasteiger partial charge in [0.05, 0.1) is 65.0 Å². The molecule has 390 valence electrons. The smallest absolute Gasteiger partial charge is 0.335 e. The van der Waals surface area contributed by atoms with Crippen LogP contribution in [0.3, 0.4) is 0 Å². The lowest BCUT2D eigenvalue weighted by Crippen LogP contribution is -2.70. The first-order chi connectivity index (χ1) is 32.4. The molecule has 30 heteroatoms. The molecule has 0 bridgehead atoms. The number of aliphatic hydroxyl groups is 8. The quantitative estimate of drug-likeness (QED) is 0.0175. The molecule has 0 aromatic rings. The summed E-state index contributed by atoms with van der Waals surface area (Å²) >= 11 is 0. The van der Waals surface area contributed by atoms with Crippen LogP contribution in [0.1, 0.15) is 20.8 Å². The highest BCUT2D eigenvalue weighted by Gasteiger charge is 2.57. The number of carbonyl (C=O) groups is 4. The van der Waals surface area contributed by atoms with E-state index < -0.39 is 159 Å². The Morgan fingerprint density at radius 1 is 0.618 bits per heavy atom. The molecular weight excluding hydrogens is 924 g/mol. The standard InChI is InChI=1S/C38H64N6O24/c1-15-20(42-16(2)47)28(22(49)18(13-45)62-15)64-38-27(54)25(52)31(33(68-38)35(56)57)66-36-21(43-17(3)48)29(23(50)19(14-46)63-36)65-37-26(53)24(51)30(58-4)32(67-37)34(55)40-5-7-59-9-11-61-12-10-60-8-6-41-44-39/h15,18-33,36-38,45-46,49-54H,5-14H2,1-4H3,(H,40,55)(H,42,47)(H,43,48)(H,56,57). The summed E-state index contributed by atoms with van der Waals surface area (Å²) in [6.45, 7) is 3.19. The predicted molar refractivity (Wildman–Crippen MR) is 218 cm³/mol. The van der Waals surface area contributed by atoms with Gasteiger partial charge in [-0.15, -0.1) is 0 Å². The highest BCUT2D eigenvalue weighted by Crippen LogP contribution is 2.35. The molecule has 4 aliphatic heterocycles. The van der Waals surface area contributed by atoms with E-state index in [4.69, 9.17) is 57.6 Å². The second-order valence-corrected chi connectivity index (χ2v) is 16.0. The van der Waals surface area contributed by atoms with E-state index in [2.05, 4.69) is 26.0 Å². The molecule has 4 aliphatic rings. The molecular formula is C38H64N6O24. The minimum atomic E-state index is -2.24. The van der Waals surface area contributed by atoms with Gasteiger partial charge in [-0.1, -0.05) is 5.11 Å². The fourth-order valence-electron chi connectivity index (χ4n) is 7.84. The summed E-state index contributed by atoms with van der Waals surface area (Å²) in [5.41, 5.74) is 8.26. The Hall–Kier alpha value is -3.57. The summed E-state index contributed by atoms with van der Waals surface area (Å²) in [4.78, 5) is 53.4. The molecule has 30 nitrogen and oxygen atoms in total. The van der Waals surface area contributed by atoms with Crippen molar-refractivity contribution in [2.75, 3.05) is 73.1 Å². The lowest BCUT2D eigenvalue weighted by atomic mass is 9.92. The number of aliphatic hydroxyl groups excluding tert-OH is 8. The van der Waals surface area contributed by atoms with E-state index in [-0.39, 0.29) is 52.7 Å². The molecule has 3 amide bonds. The Morgan fingerprint density at radius 2 is 1.10 bits per heavy atom. The van der Waals surface area contributed by atoms with E-state index in [0.29, 0.717) is 0 Å². The van der Waals surface area contributed by atoms with Crippen molar-refractivity contribution in [2.24, 2.45) is 5.11 Å². The summed E-state index contributed by atoms with van der Waals surface area (Å²) in [5, 5.41) is 108. The molecule has 4 rings (SSSR count). The number of rotatable bonds is 25. The third kappa shape index (κ3) is 15.0. The maximum atomic E-state index is 13.4. The number of carboxylic acids is 1. The number of nitrogens with one attached hydrogen (secondary N) is 3. The van der Waals surface area contributed by atoms with Gasteiger partial charge in [-0.05, 0) is 12.5 Å². The Morgan fingerprint density at radius 3 is 1.63 bits per heavy atom. The number of aliphatic carboxylic acids is 1. The normalized spacial score (nSPS) is 38.5. The monoisotopic (exact) mass is 988 g/mol. The highest BCUT2D eigenvalue weighted by molar-refractivity contribution is 5.81. The molecule has 0 aliphatic carbocycles. The largest absolute Gasteiger partial charge is 0.479 e. The van der Waals surface area contributed by atoms with Gasteiger partial charge in [0, 0.05) is 39.0 Å². The van der Waals surface area contributed by atoms with Crippen LogP contribution < -0.4 is 16.0 Å². The molecule has 20 atom stereocenters. The van der Waals surface area contributed by atoms with Crippen LogP contribution in [-0.4, -0.2) is 265 Å². The number of ether oxygens (including phenoxy) is 11. The van der Waals surface area contributed by atoms with Gasteiger partial charge in [0.1, 0.15) is 79.3 Å². The maximum absolute atomic E-state index is 13.4. The molecule has 0 spiro atoms. The SMILES string of the molecule is COC1C(C(=O)NCCOCCOCCOCCN=[N+]=[N-])OC(OC2C(O)C(CO)OC(OC3C(C(=O)O)OC(OC4C(O)C(CO)OC(C)C4NC(C)=O)C(O)C3O)C2NC(C)=O)C(O)C1O. The third-order valence-corrected chi connectivity index (χ3v) is 11.2.